The Kier molecular flexibility index (Phi) is 3.54. The molecule has 0 fully saturated rings. The zero-order chi connectivity index (χ0) is 14.2. The first-order valence-corrected chi connectivity index (χ1v) is 6.70. The molecule has 0 bridgehead atoms. The lowest BCUT2D eigenvalue weighted by Gasteiger charge is -2.33. The van der Waals surface area contributed by atoms with Gasteiger partial charge in [0.15, 0.2) is 0 Å². The lowest BCUT2D eigenvalue weighted by atomic mass is 10.0. The Hall–Kier alpha value is -1.55. The van der Waals surface area contributed by atoms with Crippen molar-refractivity contribution in [2.24, 2.45) is 0 Å². The first kappa shape index (κ1) is 13.9. The van der Waals surface area contributed by atoms with Crippen LogP contribution >= 0.6 is 0 Å². The van der Waals surface area contributed by atoms with E-state index in [4.69, 9.17) is 10.5 Å². The van der Waals surface area contributed by atoms with Gasteiger partial charge in [-0.15, -0.1) is 0 Å². The van der Waals surface area contributed by atoms with Gasteiger partial charge in [0, 0.05) is 24.5 Å². The lowest BCUT2D eigenvalue weighted by Crippen LogP contribution is -2.50. The minimum atomic E-state index is -0.767. The maximum Gasteiger partial charge on any atom is 0.259 e. The third-order valence-electron chi connectivity index (χ3n) is 4.12. The molecule has 0 aromatic heterocycles. The second kappa shape index (κ2) is 4.85. The summed E-state index contributed by atoms with van der Waals surface area (Å²) >= 11 is 0. The van der Waals surface area contributed by atoms with Gasteiger partial charge in [0.05, 0.1) is 0 Å². The number of benzene rings is 1. The zero-order valence-electron chi connectivity index (χ0n) is 12.1. The summed E-state index contributed by atoms with van der Waals surface area (Å²) in [6.45, 7) is 5.86. The van der Waals surface area contributed by atoms with E-state index < -0.39 is 5.60 Å². The molecule has 0 aliphatic carbocycles. The molecule has 1 aromatic carbocycles. The average molecular weight is 262 g/mol. The van der Waals surface area contributed by atoms with Gasteiger partial charge in [-0.3, -0.25) is 4.79 Å². The van der Waals surface area contributed by atoms with Crippen LogP contribution in [0.1, 0.15) is 32.8 Å². The number of methoxy groups -OCH3 is 1. The number of amides is 1. The predicted octanol–water partition coefficient (Wildman–Crippen LogP) is 2.36. The molecule has 0 saturated heterocycles. The second-order valence-electron chi connectivity index (χ2n) is 5.40. The summed E-state index contributed by atoms with van der Waals surface area (Å²) in [7, 11) is 1.59. The summed E-state index contributed by atoms with van der Waals surface area (Å²) in [5.74, 6) is 0.0218. The van der Waals surface area contributed by atoms with Crippen LogP contribution in [0.4, 0.5) is 11.4 Å². The average Bonchev–Trinajstić information content (AvgIpc) is 2.71. The molecule has 1 heterocycles. The number of hydrogen-bond acceptors (Lipinski definition) is 3. The first-order chi connectivity index (χ1) is 8.92. The minimum Gasteiger partial charge on any atom is -0.399 e. The maximum atomic E-state index is 12.8. The molecule has 19 heavy (non-hydrogen) atoms. The van der Waals surface area contributed by atoms with Crippen LogP contribution in [-0.2, 0) is 16.0 Å². The van der Waals surface area contributed by atoms with E-state index in [0.717, 1.165) is 23.4 Å². The summed E-state index contributed by atoms with van der Waals surface area (Å²) in [6, 6.07) is 5.87. The Labute approximate surface area is 114 Å². The molecular weight excluding hydrogens is 240 g/mol. The Morgan fingerprint density at radius 3 is 2.84 bits per heavy atom. The van der Waals surface area contributed by atoms with Crippen molar-refractivity contribution < 1.29 is 9.53 Å². The van der Waals surface area contributed by atoms with Crippen molar-refractivity contribution in [2.45, 2.75) is 45.3 Å². The van der Waals surface area contributed by atoms with Crippen LogP contribution in [0.2, 0.25) is 0 Å². The van der Waals surface area contributed by atoms with Gasteiger partial charge in [0.1, 0.15) is 5.60 Å². The first-order valence-electron chi connectivity index (χ1n) is 6.70. The standard InChI is InChI=1S/C15H22N2O2/c1-5-15(3,19-4)14(18)17-10(2)8-11-9-12(16)6-7-13(11)17/h6-7,9-10H,5,8,16H2,1-4H3. The number of carbonyl (C=O) groups is 1. The van der Waals surface area contributed by atoms with Gasteiger partial charge in [-0.25, -0.2) is 0 Å². The highest BCUT2D eigenvalue weighted by atomic mass is 16.5. The van der Waals surface area contributed by atoms with E-state index in [0.29, 0.717) is 6.42 Å². The largest absolute Gasteiger partial charge is 0.399 e. The fourth-order valence-electron chi connectivity index (χ4n) is 2.60. The quantitative estimate of drug-likeness (QED) is 0.851. The van der Waals surface area contributed by atoms with E-state index in [-0.39, 0.29) is 11.9 Å². The number of nitrogens with zero attached hydrogens (tertiary/aromatic N) is 1. The number of nitrogens with two attached hydrogens (primary N) is 1. The molecule has 0 radical (unpaired) electrons. The van der Waals surface area contributed by atoms with Crippen LogP contribution in [-0.4, -0.2) is 24.7 Å². The topological polar surface area (TPSA) is 55.6 Å². The Bertz CT molecular complexity index is 495. The van der Waals surface area contributed by atoms with Gasteiger partial charge in [0.2, 0.25) is 0 Å². The molecule has 1 aliphatic rings. The zero-order valence-corrected chi connectivity index (χ0v) is 12.1. The van der Waals surface area contributed by atoms with E-state index in [2.05, 4.69) is 6.92 Å². The number of nitrogen functional groups attached to an aromatic ring is 1. The van der Waals surface area contributed by atoms with Gasteiger partial charge in [-0.05, 0) is 50.5 Å². The van der Waals surface area contributed by atoms with Crippen molar-refractivity contribution in [1.29, 1.82) is 0 Å². The van der Waals surface area contributed by atoms with Crippen LogP contribution in [0.15, 0.2) is 18.2 Å². The van der Waals surface area contributed by atoms with Gasteiger partial charge in [0.25, 0.3) is 5.91 Å². The lowest BCUT2D eigenvalue weighted by molar-refractivity contribution is -0.139. The summed E-state index contributed by atoms with van der Waals surface area (Å²) in [5, 5.41) is 0. The van der Waals surface area contributed by atoms with Crippen LogP contribution in [0.5, 0.6) is 0 Å². The molecule has 4 nitrogen and oxygen atoms in total. The van der Waals surface area contributed by atoms with Crippen molar-refractivity contribution >= 4 is 17.3 Å². The summed E-state index contributed by atoms with van der Waals surface area (Å²) in [4.78, 5) is 14.6. The van der Waals surface area contributed by atoms with Crippen LogP contribution in [0, 0.1) is 0 Å². The second-order valence-corrected chi connectivity index (χ2v) is 5.40. The SMILES string of the molecule is CCC(C)(OC)C(=O)N1c2ccc(N)cc2CC1C. The maximum absolute atomic E-state index is 12.8. The Morgan fingerprint density at radius 1 is 1.58 bits per heavy atom. The fraction of sp³-hybridized carbons (Fsp3) is 0.533. The molecule has 2 N–H and O–H groups in total. The number of anilines is 2. The number of rotatable bonds is 3. The minimum absolute atomic E-state index is 0.0218. The van der Waals surface area contributed by atoms with Crippen molar-refractivity contribution in [3.8, 4) is 0 Å². The molecule has 0 spiro atoms. The third-order valence-corrected chi connectivity index (χ3v) is 4.12. The van der Waals surface area contributed by atoms with E-state index in [1.807, 2.05) is 36.9 Å². The number of carbonyl (C=O) groups excluding carboxylic acids is 1. The molecule has 1 aromatic rings. The van der Waals surface area contributed by atoms with E-state index in [1.165, 1.54) is 0 Å². The van der Waals surface area contributed by atoms with Gasteiger partial charge in [-0.2, -0.15) is 0 Å². The predicted molar refractivity (Wildman–Crippen MR) is 77.2 cm³/mol. The van der Waals surface area contributed by atoms with Gasteiger partial charge < -0.3 is 15.4 Å². The molecule has 4 heteroatoms. The summed E-state index contributed by atoms with van der Waals surface area (Å²) in [5.41, 5.74) is 7.88. The van der Waals surface area contributed by atoms with Crippen LogP contribution in [0.3, 0.4) is 0 Å². The molecule has 0 saturated carbocycles. The molecule has 1 amide bonds. The third kappa shape index (κ3) is 2.21. The smallest absolute Gasteiger partial charge is 0.259 e. The number of hydrogen-bond donors (Lipinski definition) is 1. The van der Waals surface area contributed by atoms with E-state index in [1.54, 1.807) is 7.11 Å². The van der Waals surface area contributed by atoms with Crippen molar-refractivity contribution in [3.63, 3.8) is 0 Å². The molecule has 2 rings (SSSR count). The van der Waals surface area contributed by atoms with Gasteiger partial charge >= 0.3 is 0 Å². The molecule has 2 unspecified atom stereocenters. The fourth-order valence-corrected chi connectivity index (χ4v) is 2.60. The normalized spacial score (nSPS) is 21.1. The summed E-state index contributed by atoms with van der Waals surface area (Å²) < 4.78 is 5.43. The van der Waals surface area contributed by atoms with E-state index >= 15 is 0 Å². The number of ether oxygens (including phenoxy) is 1. The summed E-state index contributed by atoms with van der Waals surface area (Å²) in [6.07, 6.45) is 1.49. The highest BCUT2D eigenvalue weighted by Gasteiger charge is 2.41. The van der Waals surface area contributed by atoms with Crippen molar-refractivity contribution in [1.82, 2.24) is 0 Å². The van der Waals surface area contributed by atoms with Gasteiger partial charge in [-0.1, -0.05) is 6.92 Å². The van der Waals surface area contributed by atoms with Crippen molar-refractivity contribution in [3.05, 3.63) is 23.8 Å². The van der Waals surface area contributed by atoms with Crippen LogP contribution in [0.25, 0.3) is 0 Å². The molecule has 2 atom stereocenters. The molecule has 104 valence electrons. The van der Waals surface area contributed by atoms with Crippen LogP contribution < -0.4 is 10.6 Å². The Balaban J connectivity index is 2.39. The Morgan fingerprint density at radius 2 is 2.26 bits per heavy atom. The number of fused-ring (bicyclic) bond motifs is 1. The van der Waals surface area contributed by atoms with E-state index in [9.17, 15) is 4.79 Å². The monoisotopic (exact) mass is 262 g/mol. The highest BCUT2D eigenvalue weighted by Crippen LogP contribution is 2.36. The highest BCUT2D eigenvalue weighted by molar-refractivity contribution is 6.01. The van der Waals surface area contributed by atoms with Crippen molar-refractivity contribution in [2.75, 3.05) is 17.7 Å². The molecular formula is C15H22N2O2. The molecule has 1 aliphatic heterocycles.